The average molecular weight is 247 g/mol. The lowest BCUT2D eigenvalue weighted by Crippen LogP contribution is -2.24. The van der Waals surface area contributed by atoms with Crippen LogP contribution in [0.4, 0.5) is 5.69 Å². The molecule has 0 saturated carbocycles. The summed E-state index contributed by atoms with van der Waals surface area (Å²) in [7, 11) is 0. The predicted molar refractivity (Wildman–Crippen MR) is 69.1 cm³/mol. The van der Waals surface area contributed by atoms with Crippen molar-refractivity contribution in [2.75, 3.05) is 11.4 Å². The Hall–Kier alpha value is -1.84. The predicted octanol–water partition coefficient (Wildman–Crippen LogP) is 2.64. The maximum absolute atomic E-state index is 11.7. The van der Waals surface area contributed by atoms with E-state index in [0.29, 0.717) is 18.7 Å². The summed E-state index contributed by atoms with van der Waals surface area (Å²) in [5.41, 5.74) is 1.90. The molecular weight excluding hydrogens is 230 g/mol. The van der Waals surface area contributed by atoms with Crippen LogP contribution in [0.2, 0.25) is 0 Å². The summed E-state index contributed by atoms with van der Waals surface area (Å²) in [6.45, 7) is 4.70. The van der Waals surface area contributed by atoms with Crippen LogP contribution in [0.3, 0.4) is 0 Å². The molecule has 4 nitrogen and oxygen atoms in total. The van der Waals surface area contributed by atoms with Crippen LogP contribution in [0, 0.1) is 0 Å². The van der Waals surface area contributed by atoms with Gasteiger partial charge in [-0.25, -0.2) is 4.79 Å². The summed E-state index contributed by atoms with van der Waals surface area (Å²) in [6, 6.07) is 5.18. The van der Waals surface area contributed by atoms with E-state index >= 15 is 0 Å². The summed E-state index contributed by atoms with van der Waals surface area (Å²) in [5, 5.41) is 9.12. The Kier molecular flexibility index (Phi) is 3.36. The summed E-state index contributed by atoms with van der Waals surface area (Å²) in [4.78, 5) is 24.5. The topological polar surface area (TPSA) is 57.6 Å². The summed E-state index contributed by atoms with van der Waals surface area (Å²) in [5.74, 6) is -0.640. The van der Waals surface area contributed by atoms with Gasteiger partial charge in [0.1, 0.15) is 0 Å². The van der Waals surface area contributed by atoms with E-state index in [1.807, 2.05) is 19.9 Å². The van der Waals surface area contributed by atoms with E-state index in [-0.39, 0.29) is 17.4 Å². The van der Waals surface area contributed by atoms with Gasteiger partial charge in [0.05, 0.1) is 5.56 Å². The number of nitrogens with zero attached hydrogens (tertiary/aromatic N) is 1. The fraction of sp³-hybridized carbons (Fsp3) is 0.429. The van der Waals surface area contributed by atoms with Gasteiger partial charge in [-0.1, -0.05) is 13.8 Å². The zero-order valence-corrected chi connectivity index (χ0v) is 10.6. The second kappa shape index (κ2) is 4.80. The molecule has 0 aromatic heterocycles. The number of hydrogen-bond donors (Lipinski definition) is 1. The summed E-state index contributed by atoms with van der Waals surface area (Å²) in [6.07, 6.45) is 1.39. The molecule has 1 amide bonds. The Labute approximate surface area is 106 Å². The number of hydrogen-bond acceptors (Lipinski definition) is 2. The van der Waals surface area contributed by atoms with E-state index in [2.05, 4.69) is 0 Å². The van der Waals surface area contributed by atoms with Crippen LogP contribution in [-0.2, 0) is 4.79 Å². The van der Waals surface area contributed by atoms with Crippen LogP contribution in [0.15, 0.2) is 18.2 Å². The van der Waals surface area contributed by atoms with Crippen molar-refractivity contribution >= 4 is 17.6 Å². The van der Waals surface area contributed by atoms with Gasteiger partial charge in [0.15, 0.2) is 0 Å². The van der Waals surface area contributed by atoms with E-state index in [9.17, 15) is 9.59 Å². The van der Waals surface area contributed by atoms with Crippen molar-refractivity contribution in [2.45, 2.75) is 32.6 Å². The van der Waals surface area contributed by atoms with Crippen LogP contribution in [0.25, 0.3) is 0 Å². The van der Waals surface area contributed by atoms with E-state index < -0.39 is 5.97 Å². The minimum atomic E-state index is -0.953. The smallest absolute Gasteiger partial charge is 0.335 e. The van der Waals surface area contributed by atoms with E-state index in [1.165, 1.54) is 0 Å². The number of rotatable bonds is 3. The van der Waals surface area contributed by atoms with E-state index in [4.69, 9.17) is 5.11 Å². The summed E-state index contributed by atoms with van der Waals surface area (Å²) < 4.78 is 0. The minimum absolute atomic E-state index is 0.0762. The molecule has 1 aliphatic rings. The normalized spacial score (nSPS) is 15.5. The van der Waals surface area contributed by atoms with Crippen molar-refractivity contribution in [1.82, 2.24) is 0 Å². The average Bonchev–Trinajstić information content (AvgIpc) is 2.74. The Morgan fingerprint density at radius 3 is 2.56 bits per heavy atom. The third kappa shape index (κ3) is 2.37. The van der Waals surface area contributed by atoms with Crippen molar-refractivity contribution in [3.8, 4) is 0 Å². The highest BCUT2D eigenvalue weighted by Crippen LogP contribution is 2.27. The largest absolute Gasteiger partial charge is 0.478 e. The Morgan fingerprint density at radius 2 is 2.06 bits per heavy atom. The fourth-order valence-corrected chi connectivity index (χ4v) is 2.17. The lowest BCUT2D eigenvalue weighted by Gasteiger charge is -2.18. The van der Waals surface area contributed by atoms with Crippen molar-refractivity contribution in [3.63, 3.8) is 0 Å². The number of carboxylic acid groups (broad SMARTS) is 1. The number of anilines is 1. The van der Waals surface area contributed by atoms with Gasteiger partial charge in [0, 0.05) is 18.7 Å². The molecule has 18 heavy (non-hydrogen) atoms. The van der Waals surface area contributed by atoms with Crippen molar-refractivity contribution < 1.29 is 14.7 Å². The molecule has 0 atom stereocenters. The fourth-order valence-electron chi connectivity index (χ4n) is 2.17. The van der Waals surface area contributed by atoms with Crippen LogP contribution < -0.4 is 4.90 Å². The van der Waals surface area contributed by atoms with Gasteiger partial charge in [0.25, 0.3) is 0 Å². The first-order valence-corrected chi connectivity index (χ1v) is 6.17. The van der Waals surface area contributed by atoms with E-state index in [0.717, 1.165) is 12.0 Å². The molecule has 1 aromatic rings. The maximum Gasteiger partial charge on any atom is 0.335 e. The number of aromatic carboxylic acids is 1. The van der Waals surface area contributed by atoms with Crippen LogP contribution >= 0.6 is 0 Å². The van der Waals surface area contributed by atoms with Crippen molar-refractivity contribution in [2.24, 2.45) is 0 Å². The Bertz CT molecular complexity index is 494. The molecule has 4 heteroatoms. The lowest BCUT2D eigenvalue weighted by atomic mass is 9.99. The van der Waals surface area contributed by atoms with Crippen molar-refractivity contribution in [1.29, 1.82) is 0 Å². The number of carbonyl (C=O) groups excluding carboxylic acids is 1. The zero-order chi connectivity index (χ0) is 13.3. The van der Waals surface area contributed by atoms with Crippen LogP contribution in [0.1, 0.15) is 48.5 Å². The third-order valence-electron chi connectivity index (χ3n) is 3.24. The first kappa shape index (κ1) is 12.6. The molecule has 0 spiro atoms. The minimum Gasteiger partial charge on any atom is -0.478 e. The maximum atomic E-state index is 11.7. The zero-order valence-electron chi connectivity index (χ0n) is 10.6. The first-order chi connectivity index (χ1) is 8.49. The second-order valence-corrected chi connectivity index (χ2v) is 4.92. The van der Waals surface area contributed by atoms with Gasteiger partial charge >= 0.3 is 5.97 Å². The monoisotopic (exact) mass is 247 g/mol. The van der Waals surface area contributed by atoms with E-state index in [1.54, 1.807) is 17.0 Å². The Balaban J connectivity index is 2.46. The molecule has 1 heterocycles. The molecule has 2 rings (SSSR count). The molecule has 1 aromatic carbocycles. The Morgan fingerprint density at radius 1 is 1.33 bits per heavy atom. The number of carboxylic acids is 1. The van der Waals surface area contributed by atoms with Gasteiger partial charge in [-0.3, -0.25) is 4.79 Å². The molecular formula is C14H17NO3. The summed E-state index contributed by atoms with van der Waals surface area (Å²) >= 11 is 0. The van der Waals surface area contributed by atoms with Crippen molar-refractivity contribution in [3.05, 3.63) is 29.3 Å². The van der Waals surface area contributed by atoms with Crippen LogP contribution in [0.5, 0.6) is 0 Å². The molecule has 1 aliphatic heterocycles. The number of benzene rings is 1. The van der Waals surface area contributed by atoms with Gasteiger partial charge in [-0.2, -0.15) is 0 Å². The SMILES string of the molecule is CC(C)c1cc(C(=O)O)cc(N2CCCC2=O)c1. The molecule has 1 saturated heterocycles. The molecule has 1 N–H and O–H groups in total. The first-order valence-electron chi connectivity index (χ1n) is 6.17. The highest BCUT2D eigenvalue weighted by atomic mass is 16.4. The van der Waals surface area contributed by atoms with Gasteiger partial charge in [-0.05, 0) is 36.1 Å². The second-order valence-electron chi connectivity index (χ2n) is 4.92. The molecule has 1 fully saturated rings. The lowest BCUT2D eigenvalue weighted by molar-refractivity contribution is -0.117. The molecule has 0 radical (unpaired) electrons. The van der Waals surface area contributed by atoms with Crippen LogP contribution in [-0.4, -0.2) is 23.5 Å². The quantitative estimate of drug-likeness (QED) is 0.893. The third-order valence-corrected chi connectivity index (χ3v) is 3.24. The van der Waals surface area contributed by atoms with Gasteiger partial charge in [0.2, 0.25) is 5.91 Å². The highest BCUT2D eigenvalue weighted by Gasteiger charge is 2.23. The molecule has 0 aliphatic carbocycles. The molecule has 0 unspecified atom stereocenters. The molecule has 96 valence electrons. The van der Waals surface area contributed by atoms with Gasteiger partial charge < -0.3 is 10.0 Å². The number of amides is 1. The highest BCUT2D eigenvalue weighted by molar-refractivity contribution is 5.97. The number of carbonyl (C=O) groups is 2. The standard InChI is InChI=1S/C14H17NO3/c1-9(2)10-6-11(14(17)18)8-12(7-10)15-5-3-4-13(15)16/h6-9H,3-5H2,1-2H3,(H,17,18). The van der Waals surface area contributed by atoms with Gasteiger partial charge in [-0.15, -0.1) is 0 Å². The molecule has 0 bridgehead atoms.